The van der Waals surface area contributed by atoms with Crippen molar-refractivity contribution in [2.75, 3.05) is 11.1 Å². The van der Waals surface area contributed by atoms with Crippen LogP contribution in [0.3, 0.4) is 0 Å². The first-order valence-electron chi connectivity index (χ1n) is 5.92. The van der Waals surface area contributed by atoms with Crippen LogP contribution in [0.15, 0.2) is 24.3 Å². The van der Waals surface area contributed by atoms with E-state index in [1.165, 1.54) is 6.42 Å². The molecule has 17 heavy (non-hydrogen) atoms. The van der Waals surface area contributed by atoms with Crippen LogP contribution in [0.1, 0.15) is 24.8 Å². The summed E-state index contributed by atoms with van der Waals surface area (Å²) in [6.07, 6.45) is 3.35. The molecule has 1 aliphatic rings. The molecule has 1 atom stereocenters. The summed E-state index contributed by atoms with van der Waals surface area (Å²) in [5.41, 5.74) is 1.66. The molecule has 1 saturated heterocycles. The van der Waals surface area contributed by atoms with Gasteiger partial charge in [0.2, 0.25) is 5.91 Å². The van der Waals surface area contributed by atoms with Crippen molar-refractivity contribution in [3.05, 3.63) is 29.8 Å². The van der Waals surface area contributed by atoms with Crippen LogP contribution in [0.25, 0.3) is 0 Å². The van der Waals surface area contributed by atoms with Gasteiger partial charge in [0.1, 0.15) is 0 Å². The number of hydrogen-bond donors (Lipinski definition) is 2. The maximum Gasteiger partial charge on any atom is 0.237 e. The zero-order valence-corrected chi connectivity index (χ0v) is 10.5. The fourth-order valence-electron chi connectivity index (χ4n) is 1.86. The molecule has 1 aromatic rings. The molecule has 2 N–H and O–H groups in total. The molecule has 4 heteroatoms. The lowest BCUT2D eigenvalue weighted by molar-refractivity contribution is -0.115. The highest BCUT2D eigenvalue weighted by Crippen LogP contribution is 2.26. The number of carbonyl (C=O) groups is 1. The van der Waals surface area contributed by atoms with E-state index in [9.17, 15) is 4.79 Å². The van der Waals surface area contributed by atoms with Crippen molar-refractivity contribution in [2.24, 2.45) is 0 Å². The second kappa shape index (κ2) is 6.07. The Labute approximate surface area is 106 Å². The van der Waals surface area contributed by atoms with Crippen LogP contribution in [0.4, 0.5) is 5.69 Å². The monoisotopic (exact) mass is 251 g/mol. The Kier molecular flexibility index (Phi) is 4.45. The zero-order chi connectivity index (χ0) is 12.1. The molecular weight excluding hydrogens is 234 g/mol. The first-order valence-corrected chi connectivity index (χ1v) is 6.97. The van der Waals surface area contributed by atoms with Gasteiger partial charge in [-0.2, -0.15) is 0 Å². The zero-order valence-electron chi connectivity index (χ0n) is 9.69. The van der Waals surface area contributed by atoms with Gasteiger partial charge >= 0.3 is 0 Å². The molecule has 92 valence electrons. The van der Waals surface area contributed by atoms with Crippen LogP contribution < -0.4 is 5.32 Å². The summed E-state index contributed by atoms with van der Waals surface area (Å²) in [4.78, 5) is 11.9. The lowest BCUT2D eigenvalue weighted by Crippen LogP contribution is -2.27. The number of nitrogens with one attached hydrogen (secondary N) is 1. The van der Waals surface area contributed by atoms with Crippen LogP contribution in [0.2, 0.25) is 0 Å². The van der Waals surface area contributed by atoms with Crippen molar-refractivity contribution in [2.45, 2.75) is 31.1 Å². The molecule has 1 aromatic carbocycles. The third-order valence-electron chi connectivity index (χ3n) is 2.88. The quantitative estimate of drug-likeness (QED) is 0.867. The van der Waals surface area contributed by atoms with E-state index < -0.39 is 0 Å². The summed E-state index contributed by atoms with van der Waals surface area (Å²) in [7, 11) is 0. The molecule has 1 unspecified atom stereocenters. The van der Waals surface area contributed by atoms with E-state index in [2.05, 4.69) is 5.32 Å². The minimum Gasteiger partial charge on any atom is -0.392 e. The second-order valence-electron chi connectivity index (χ2n) is 4.20. The van der Waals surface area contributed by atoms with Crippen molar-refractivity contribution in [1.82, 2.24) is 0 Å². The maximum absolute atomic E-state index is 11.9. The fourth-order valence-corrected chi connectivity index (χ4v) is 3.06. The van der Waals surface area contributed by atoms with E-state index in [0.29, 0.717) is 0 Å². The van der Waals surface area contributed by atoms with Crippen LogP contribution in [-0.2, 0) is 11.4 Å². The average molecular weight is 251 g/mol. The summed E-state index contributed by atoms with van der Waals surface area (Å²) >= 11 is 1.75. The van der Waals surface area contributed by atoms with Gasteiger partial charge < -0.3 is 10.4 Å². The van der Waals surface area contributed by atoms with Crippen LogP contribution in [-0.4, -0.2) is 22.0 Å². The van der Waals surface area contributed by atoms with E-state index in [4.69, 9.17) is 5.11 Å². The Hall–Kier alpha value is -1.00. The number of thioether (sulfide) groups is 1. The van der Waals surface area contributed by atoms with E-state index in [0.717, 1.165) is 29.8 Å². The van der Waals surface area contributed by atoms with Gasteiger partial charge in [0.15, 0.2) is 0 Å². The highest BCUT2D eigenvalue weighted by molar-refractivity contribution is 8.00. The molecule has 1 fully saturated rings. The molecule has 0 saturated carbocycles. The Balaban J connectivity index is 1.92. The van der Waals surface area contributed by atoms with Crippen molar-refractivity contribution >= 4 is 23.4 Å². The first-order chi connectivity index (χ1) is 8.29. The molecule has 0 radical (unpaired) electrons. The lowest BCUT2D eigenvalue weighted by atomic mass is 10.1. The molecule has 2 rings (SSSR count). The van der Waals surface area contributed by atoms with Gasteiger partial charge in [0.25, 0.3) is 0 Å². The number of anilines is 1. The van der Waals surface area contributed by atoms with Crippen molar-refractivity contribution in [3.8, 4) is 0 Å². The Morgan fingerprint density at radius 3 is 2.71 bits per heavy atom. The van der Waals surface area contributed by atoms with Gasteiger partial charge in [-0.15, -0.1) is 11.8 Å². The van der Waals surface area contributed by atoms with Gasteiger partial charge in [0, 0.05) is 5.69 Å². The largest absolute Gasteiger partial charge is 0.392 e. The third-order valence-corrected chi connectivity index (χ3v) is 4.25. The van der Waals surface area contributed by atoms with E-state index in [1.807, 2.05) is 24.3 Å². The van der Waals surface area contributed by atoms with Gasteiger partial charge in [0.05, 0.1) is 11.9 Å². The van der Waals surface area contributed by atoms with Crippen molar-refractivity contribution in [1.29, 1.82) is 0 Å². The smallest absolute Gasteiger partial charge is 0.237 e. The fraction of sp³-hybridized carbons (Fsp3) is 0.462. The highest BCUT2D eigenvalue weighted by atomic mass is 32.2. The van der Waals surface area contributed by atoms with Gasteiger partial charge in [-0.3, -0.25) is 4.79 Å². The van der Waals surface area contributed by atoms with E-state index >= 15 is 0 Å². The number of rotatable bonds is 3. The van der Waals surface area contributed by atoms with E-state index in [1.54, 1.807) is 11.8 Å². The minimum absolute atomic E-state index is 0.0344. The summed E-state index contributed by atoms with van der Waals surface area (Å²) in [6.45, 7) is 0.0344. The molecular formula is C13H17NO2S. The number of benzene rings is 1. The van der Waals surface area contributed by atoms with Gasteiger partial charge in [-0.05, 0) is 36.3 Å². The molecule has 3 nitrogen and oxygen atoms in total. The molecule has 0 aromatic heterocycles. The average Bonchev–Trinajstić information content (AvgIpc) is 2.40. The van der Waals surface area contributed by atoms with Gasteiger partial charge in [-0.1, -0.05) is 18.6 Å². The molecule has 0 aliphatic carbocycles. The van der Waals surface area contributed by atoms with Crippen molar-refractivity contribution in [3.63, 3.8) is 0 Å². The normalized spacial score (nSPS) is 19.9. The molecule has 0 spiro atoms. The molecule has 1 amide bonds. The summed E-state index contributed by atoms with van der Waals surface area (Å²) < 4.78 is 0. The number of aliphatic hydroxyl groups excluding tert-OH is 1. The number of amides is 1. The highest BCUT2D eigenvalue weighted by Gasteiger charge is 2.21. The summed E-state index contributed by atoms with van der Waals surface area (Å²) in [5, 5.41) is 11.9. The van der Waals surface area contributed by atoms with Crippen molar-refractivity contribution < 1.29 is 9.90 Å². The number of hydrogen-bond acceptors (Lipinski definition) is 3. The lowest BCUT2D eigenvalue weighted by Gasteiger charge is -2.20. The maximum atomic E-state index is 11.9. The van der Waals surface area contributed by atoms with E-state index in [-0.39, 0.29) is 17.8 Å². The Morgan fingerprint density at radius 1 is 1.35 bits per heavy atom. The van der Waals surface area contributed by atoms with Gasteiger partial charge in [-0.25, -0.2) is 0 Å². The van der Waals surface area contributed by atoms with Crippen LogP contribution in [0, 0.1) is 0 Å². The molecule has 1 aliphatic heterocycles. The standard InChI is InChI=1S/C13H17NO2S/c15-9-10-4-6-11(7-5-10)14-13(16)12-3-1-2-8-17-12/h4-7,12,15H,1-3,8-9H2,(H,14,16). The summed E-state index contributed by atoms with van der Waals surface area (Å²) in [6, 6.07) is 7.31. The Bertz CT molecular complexity index is 372. The minimum atomic E-state index is 0.0344. The number of aliphatic hydroxyl groups is 1. The summed E-state index contributed by atoms with van der Waals surface area (Å²) in [5.74, 6) is 1.19. The predicted molar refractivity (Wildman–Crippen MR) is 71.1 cm³/mol. The predicted octanol–water partition coefficient (Wildman–Crippen LogP) is 2.40. The SMILES string of the molecule is O=C(Nc1ccc(CO)cc1)C1CCCCS1. The second-order valence-corrected chi connectivity index (χ2v) is 5.51. The topological polar surface area (TPSA) is 49.3 Å². The first kappa shape index (κ1) is 12.5. The Morgan fingerprint density at radius 2 is 2.12 bits per heavy atom. The number of carbonyl (C=O) groups excluding carboxylic acids is 1. The van der Waals surface area contributed by atoms with Crippen LogP contribution >= 0.6 is 11.8 Å². The molecule has 0 bridgehead atoms. The van der Waals surface area contributed by atoms with Crippen LogP contribution in [0.5, 0.6) is 0 Å². The molecule has 1 heterocycles. The third kappa shape index (κ3) is 3.48.